The second-order valence-corrected chi connectivity index (χ2v) is 8.85. The largest absolute Gasteiger partial charge is 0.417 e. The first-order chi connectivity index (χ1) is 13.9. The van der Waals surface area contributed by atoms with Crippen molar-refractivity contribution < 1.29 is 26.4 Å². The molecular weight excluding hydrogens is 443 g/mol. The van der Waals surface area contributed by atoms with E-state index in [2.05, 4.69) is 5.32 Å². The minimum atomic E-state index is -4.76. The molecule has 0 bridgehead atoms. The van der Waals surface area contributed by atoms with Crippen molar-refractivity contribution in [3.05, 3.63) is 59.1 Å². The lowest BCUT2D eigenvalue weighted by molar-refractivity contribution is -0.137. The lowest BCUT2D eigenvalue weighted by Crippen LogP contribution is -2.42. The lowest BCUT2D eigenvalue weighted by Gasteiger charge is -2.24. The van der Waals surface area contributed by atoms with E-state index < -0.39 is 39.2 Å². The molecule has 0 aliphatic carbocycles. The second kappa shape index (κ2) is 9.57. The summed E-state index contributed by atoms with van der Waals surface area (Å²) in [5.41, 5.74) is -0.545. The fraction of sp³-hybridized carbons (Fsp3) is 0.316. The van der Waals surface area contributed by atoms with Gasteiger partial charge < -0.3 is 10.2 Å². The maximum atomic E-state index is 13.1. The molecule has 2 aromatic rings. The van der Waals surface area contributed by atoms with Gasteiger partial charge in [0, 0.05) is 25.8 Å². The fourth-order valence-electron chi connectivity index (χ4n) is 2.65. The maximum Gasteiger partial charge on any atom is 0.417 e. The molecule has 11 heteroatoms. The van der Waals surface area contributed by atoms with Gasteiger partial charge in [-0.2, -0.15) is 13.2 Å². The van der Waals surface area contributed by atoms with Crippen molar-refractivity contribution in [2.75, 3.05) is 42.1 Å². The molecule has 2 aromatic carbocycles. The first kappa shape index (κ1) is 23.8. The van der Waals surface area contributed by atoms with Crippen molar-refractivity contribution in [1.29, 1.82) is 0 Å². The van der Waals surface area contributed by atoms with E-state index >= 15 is 0 Å². The number of likely N-dealkylation sites (N-methyl/N-ethyl adjacent to an activating group) is 1. The number of nitrogens with one attached hydrogen (secondary N) is 1. The van der Waals surface area contributed by atoms with Gasteiger partial charge >= 0.3 is 6.18 Å². The van der Waals surface area contributed by atoms with Crippen molar-refractivity contribution in [3.63, 3.8) is 0 Å². The average molecular weight is 464 g/mol. The summed E-state index contributed by atoms with van der Waals surface area (Å²) in [6.45, 7) is 0.0108. The molecule has 0 saturated carbocycles. The molecule has 0 aromatic heterocycles. The summed E-state index contributed by atoms with van der Waals surface area (Å²) < 4.78 is 64.1. The van der Waals surface area contributed by atoms with Crippen molar-refractivity contribution in [3.8, 4) is 0 Å². The minimum absolute atomic E-state index is 0.219. The number of alkyl halides is 3. The molecule has 6 nitrogen and oxygen atoms in total. The highest BCUT2D eigenvalue weighted by atomic mass is 35.5. The third kappa shape index (κ3) is 6.53. The molecule has 0 unspecified atom stereocenters. The van der Waals surface area contributed by atoms with Gasteiger partial charge in [-0.1, -0.05) is 29.8 Å². The van der Waals surface area contributed by atoms with Crippen LogP contribution in [0.4, 0.5) is 24.5 Å². The predicted octanol–water partition coefficient (Wildman–Crippen LogP) is 3.38. The molecule has 0 heterocycles. The molecule has 1 amide bonds. The molecule has 164 valence electrons. The number of amides is 1. The Morgan fingerprint density at radius 3 is 2.30 bits per heavy atom. The van der Waals surface area contributed by atoms with Crippen LogP contribution in [0.3, 0.4) is 0 Å². The number of anilines is 2. The van der Waals surface area contributed by atoms with E-state index in [9.17, 15) is 26.4 Å². The number of rotatable bonds is 8. The first-order valence-electron chi connectivity index (χ1n) is 8.77. The van der Waals surface area contributed by atoms with E-state index in [0.717, 1.165) is 24.1 Å². The molecule has 0 saturated heterocycles. The van der Waals surface area contributed by atoms with Gasteiger partial charge in [-0.15, -0.1) is 0 Å². The van der Waals surface area contributed by atoms with Crippen molar-refractivity contribution in [2.24, 2.45) is 0 Å². The molecule has 0 fully saturated rings. The molecule has 2 rings (SSSR count). The molecule has 0 aliphatic heterocycles. The average Bonchev–Trinajstić information content (AvgIpc) is 2.65. The minimum Gasteiger partial charge on any atom is -0.373 e. The fourth-order valence-corrected chi connectivity index (χ4v) is 3.72. The van der Waals surface area contributed by atoms with Gasteiger partial charge in [0.1, 0.15) is 6.54 Å². The standard InChI is InChI=1S/C19H21ClF3N3O3S/c1-25(14-6-4-3-5-7-14)11-10-24-18(27)13-26(30(2,28)29)15-8-9-17(20)16(12-15)19(21,22)23/h3-9,12H,10-11,13H2,1-2H3,(H,24,27). The Kier molecular flexibility index (Phi) is 7.59. The predicted molar refractivity (Wildman–Crippen MR) is 111 cm³/mol. The van der Waals surface area contributed by atoms with Gasteiger partial charge in [-0.05, 0) is 30.3 Å². The third-order valence-electron chi connectivity index (χ3n) is 4.20. The number of carbonyl (C=O) groups is 1. The topological polar surface area (TPSA) is 69.7 Å². The van der Waals surface area contributed by atoms with Crippen molar-refractivity contribution in [1.82, 2.24) is 5.32 Å². The van der Waals surface area contributed by atoms with E-state index in [-0.39, 0.29) is 12.2 Å². The summed E-state index contributed by atoms with van der Waals surface area (Å²) >= 11 is 5.58. The summed E-state index contributed by atoms with van der Waals surface area (Å²) in [5, 5.41) is 2.01. The van der Waals surface area contributed by atoms with Gasteiger partial charge in [0.15, 0.2) is 0 Å². The van der Waals surface area contributed by atoms with Crippen molar-refractivity contribution in [2.45, 2.75) is 6.18 Å². The molecule has 0 radical (unpaired) electrons. The smallest absolute Gasteiger partial charge is 0.373 e. The van der Waals surface area contributed by atoms with E-state index in [0.29, 0.717) is 16.9 Å². The van der Waals surface area contributed by atoms with Gasteiger partial charge in [-0.3, -0.25) is 9.10 Å². The summed E-state index contributed by atoms with van der Waals surface area (Å²) in [6, 6.07) is 12.1. The molecule has 1 N–H and O–H groups in total. The Morgan fingerprint density at radius 1 is 1.10 bits per heavy atom. The summed E-state index contributed by atoms with van der Waals surface area (Å²) in [7, 11) is -2.19. The highest BCUT2D eigenvalue weighted by Crippen LogP contribution is 2.37. The highest BCUT2D eigenvalue weighted by Gasteiger charge is 2.34. The number of benzene rings is 2. The maximum absolute atomic E-state index is 13.1. The molecule has 0 atom stereocenters. The van der Waals surface area contributed by atoms with Crippen LogP contribution in [0.2, 0.25) is 5.02 Å². The van der Waals surface area contributed by atoms with Crippen LogP contribution < -0.4 is 14.5 Å². The lowest BCUT2D eigenvalue weighted by atomic mass is 10.2. The SMILES string of the molecule is CN(CCNC(=O)CN(c1ccc(Cl)c(C(F)(F)F)c1)S(C)(=O)=O)c1ccccc1. The summed E-state index contributed by atoms with van der Waals surface area (Å²) in [4.78, 5) is 14.1. The summed E-state index contributed by atoms with van der Waals surface area (Å²) in [6.07, 6.45) is -3.95. The molecule has 0 aliphatic rings. The van der Waals surface area contributed by atoms with Crippen LogP contribution in [0, 0.1) is 0 Å². The Bertz CT molecular complexity index is 986. The van der Waals surface area contributed by atoms with Gasteiger partial charge in [-0.25, -0.2) is 8.42 Å². The monoisotopic (exact) mass is 463 g/mol. The Hall–Kier alpha value is -2.46. The number of halogens is 4. The number of carbonyl (C=O) groups excluding carboxylic acids is 1. The Balaban J connectivity index is 2.08. The molecule has 0 spiro atoms. The number of hydrogen-bond acceptors (Lipinski definition) is 4. The van der Waals surface area contributed by atoms with Gasteiger partial charge in [0.25, 0.3) is 0 Å². The van der Waals surface area contributed by atoms with E-state index in [4.69, 9.17) is 11.6 Å². The van der Waals surface area contributed by atoms with Crippen LogP contribution in [0.15, 0.2) is 48.5 Å². The van der Waals surface area contributed by atoms with Gasteiger partial charge in [0.2, 0.25) is 15.9 Å². The van der Waals surface area contributed by atoms with E-state index in [1.165, 1.54) is 0 Å². The normalized spacial score (nSPS) is 11.8. The van der Waals surface area contributed by atoms with Crippen LogP contribution in [0.25, 0.3) is 0 Å². The quantitative estimate of drug-likeness (QED) is 0.651. The second-order valence-electron chi connectivity index (χ2n) is 6.54. The van der Waals surface area contributed by atoms with Gasteiger partial charge in [0.05, 0.1) is 22.5 Å². The molecule has 30 heavy (non-hydrogen) atoms. The number of nitrogens with zero attached hydrogens (tertiary/aromatic N) is 2. The van der Waals surface area contributed by atoms with Crippen LogP contribution in [-0.4, -0.2) is 47.3 Å². The Morgan fingerprint density at radius 2 is 1.73 bits per heavy atom. The van der Waals surface area contributed by atoms with Crippen LogP contribution >= 0.6 is 11.6 Å². The zero-order valence-electron chi connectivity index (χ0n) is 16.3. The third-order valence-corrected chi connectivity index (χ3v) is 5.67. The Labute approximate surface area is 178 Å². The van der Waals surface area contributed by atoms with Crippen LogP contribution in [-0.2, 0) is 21.0 Å². The van der Waals surface area contributed by atoms with Crippen LogP contribution in [0.5, 0.6) is 0 Å². The highest BCUT2D eigenvalue weighted by molar-refractivity contribution is 7.92. The number of hydrogen-bond donors (Lipinski definition) is 1. The molecular formula is C19H21ClF3N3O3S. The number of sulfonamides is 1. The van der Waals surface area contributed by atoms with Crippen molar-refractivity contribution >= 4 is 38.9 Å². The van der Waals surface area contributed by atoms with Crippen LogP contribution in [0.1, 0.15) is 5.56 Å². The zero-order valence-corrected chi connectivity index (χ0v) is 17.9. The zero-order chi connectivity index (χ0) is 22.5. The van der Waals surface area contributed by atoms with E-state index in [1.807, 2.05) is 42.3 Å². The number of para-hydroxylation sites is 1. The summed E-state index contributed by atoms with van der Waals surface area (Å²) in [5.74, 6) is -0.648. The van der Waals surface area contributed by atoms with E-state index in [1.54, 1.807) is 0 Å². The first-order valence-corrected chi connectivity index (χ1v) is 11.0.